The molecule has 0 bridgehead atoms. The average Bonchev–Trinajstić information content (AvgIpc) is 2.27. The maximum Gasteiger partial charge on any atom is 0.461 e. The third-order valence-electron chi connectivity index (χ3n) is 2.49. The largest absolute Gasteiger partial charge is 0.496 e. The SMILES string of the molecule is COc1ccc(C)cc1CC(=O)C(F)(F)C(F)(F)F. The summed E-state index contributed by atoms with van der Waals surface area (Å²) in [6.07, 6.45) is -6.93. The van der Waals surface area contributed by atoms with Gasteiger partial charge in [-0.05, 0) is 13.0 Å². The number of carbonyl (C=O) groups is 1. The summed E-state index contributed by atoms with van der Waals surface area (Å²) in [6, 6.07) is 4.33. The molecule has 0 aliphatic heterocycles. The summed E-state index contributed by atoms with van der Waals surface area (Å²) < 4.78 is 66.6. The molecule has 1 rings (SSSR count). The Morgan fingerprint density at radius 2 is 1.79 bits per heavy atom. The number of benzene rings is 1. The Hall–Kier alpha value is -1.66. The van der Waals surface area contributed by atoms with Crippen molar-refractivity contribution in [1.82, 2.24) is 0 Å². The molecular weight excluding hydrogens is 271 g/mol. The van der Waals surface area contributed by atoms with Gasteiger partial charge in [0.15, 0.2) is 0 Å². The van der Waals surface area contributed by atoms with Gasteiger partial charge in [-0.1, -0.05) is 17.7 Å². The molecule has 19 heavy (non-hydrogen) atoms. The number of rotatable bonds is 4. The molecule has 106 valence electrons. The number of hydrogen-bond acceptors (Lipinski definition) is 2. The standard InChI is InChI=1S/C12H11F5O2/c1-7-3-4-9(19-2)8(5-7)6-10(18)11(13,14)12(15,16)17/h3-5H,6H2,1-2H3. The van der Waals surface area contributed by atoms with E-state index in [1.807, 2.05) is 0 Å². The quantitative estimate of drug-likeness (QED) is 0.792. The Morgan fingerprint density at radius 1 is 1.21 bits per heavy atom. The zero-order valence-corrected chi connectivity index (χ0v) is 10.1. The summed E-state index contributed by atoms with van der Waals surface area (Å²) in [5, 5.41) is 0. The van der Waals surface area contributed by atoms with E-state index in [2.05, 4.69) is 0 Å². The smallest absolute Gasteiger partial charge is 0.461 e. The summed E-state index contributed by atoms with van der Waals surface area (Å²) in [4.78, 5) is 11.1. The Balaban J connectivity index is 3.03. The summed E-state index contributed by atoms with van der Waals surface area (Å²) in [7, 11) is 1.24. The van der Waals surface area contributed by atoms with Crippen molar-refractivity contribution in [3.63, 3.8) is 0 Å². The Kier molecular flexibility index (Phi) is 4.17. The Morgan fingerprint density at radius 3 is 2.26 bits per heavy atom. The van der Waals surface area contributed by atoms with E-state index in [9.17, 15) is 26.7 Å². The first kappa shape index (κ1) is 15.4. The Labute approximate surface area is 106 Å². The summed E-state index contributed by atoms with van der Waals surface area (Å²) >= 11 is 0. The molecule has 0 aliphatic carbocycles. The number of ketones is 1. The average molecular weight is 282 g/mol. The van der Waals surface area contributed by atoms with Crippen molar-refractivity contribution in [2.24, 2.45) is 0 Å². The number of ether oxygens (including phenoxy) is 1. The lowest BCUT2D eigenvalue weighted by Crippen LogP contribution is -2.44. The van der Waals surface area contributed by atoms with E-state index in [0.29, 0.717) is 5.56 Å². The van der Waals surface area contributed by atoms with Gasteiger partial charge < -0.3 is 4.74 Å². The molecule has 0 aliphatic rings. The van der Waals surface area contributed by atoms with Crippen LogP contribution in [0, 0.1) is 6.92 Å². The van der Waals surface area contributed by atoms with Crippen LogP contribution >= 0.6 is 0 Å². The molecule has 0 saturated heterocycles. The van der Waals surface area contributed by atoms with E-state index in [1.165, 1.54) is 19.2 Å². The molecule has 0 saturated carbocycles. The highest BCUT2D eigenvalue weighted by molar-refractivity contribution is 5.88. The first-order valence-electron chi connectivity index (χ1n) is 5.21. The molecule has 0 aromatic heterocycles. The Bertz CT molecular complexity index is 479. The minimum Gasteiger partial charge on any atom is -0.496 e. The number of alkyl halides is 5. The number of aryl methyl sites for hydroxylation is 1. The van der Waals surface area contributed by atoms with Crippen molar-refractivity contribution in [2.45, 2.75) is 25.4 Å². The van der Waals surface area contributed by atoms with E-state index in [0.717, 1.165) is 0 Å². The predicted molar refractivity (Wildman–Crippen MR) is 57.4 cm³/mol. The van der Waals surface area contributed by atoms with Gasteiger partial charge in [-0.2, -0.15) is 22.0 Å². The van der Waals surface area contributed by atoms with Gasteiger partial charge in [0, 0.05) is 12.0 Å². The molecule has 2 nitrogen and oxygen atoms in total. The molecule has 7 heteroatoms. The fourth-order valence-corrected chi connectivity index (χ4v) is 1.49. The van der Waals surface area contributed by atoms with Crippen LogP contribution in [0.15, 0.2) is 18.2 Å². The lowest BCUT2D eigenvalue weighted by Gasteiger charge is -2.18. The van der Waals surface area contributed by atoms with Gasteiger partial charge in [0.25, 0.3) is 0 Å². The minimum absolute atomic E-state index is 0.00331. The van der Waals surface area contributed by atoms with Crippen molar-refractivity contribution < 1.29 is 31.5 Å². The summed E-state index contributed by atoms with van der Waals surface area (Å²) in [6.45, 7) is 1.62. The second-order valence-corrected chi connectivity index (χ2v) is 3.99. The number of Topliss-reactive ketones (excluding diaryl/α,β-unsaturated/α-hetero) is 1. The minimum atomic E-state index is -5.89. The second-order valence-electron chi connectivity index (χ2n) is 3.99. The number of carbonyl (C=O) groups excluding carboxylic acids is 1. The molecule has 1 aromatic rings. The first-order valence-corrected chi connectivity index (χ1v) is 5.21. The van der Waals surface area contributed by atoms with E-state index in [4.69, 9.17) is 4.74 Å². The molecule has 0 atom stereocenters. The van der Waals surface area contributed by atoms with Gasteiger partial charge in [0.1, 0.15) is 5.75 Å². The van der Waals surface area contributed by atoms with Gasteiger partial charge >= 0.3 is 12.1 Å². The first-order chi connectivity index (χ1) is 8.59. The molecule has 0 spiro atoms. The maximum absolute atomic E-state index is 12.8. The third-order valence-corrected chi connectivity index (χ3v) is 2.49. The van der Waals surface area contributed by atoms with Crippen molar-refractivity contribution in [1.29, 1.82) is 0 Å². The number of methoxy groups -OCH3 is 1. The van der Waals surface area contributed by atoms with Crippen molar-refractivity contribution in [3.8, 4) is 5.75 Å². The van der Waals surface area contributed by atoms with E-state index < -0.39 is 24.3 Å². The molecule has 1 aromatic carbocycles. The van der Waals surface area contributed by atoms with Gasteiger partial charge in [-0.25, -0.2) is 0 Å². The molecule has 0 unspecified atom stereocenters. The highest BCUT2D eigenvalue weighted by Crippen LogP contribution is 2.37. The molecule has 0 heterocycles. The monoisotopic (exact) mass is 282 g/mol. The van der Waals surface area contributed by atoms with Crippen LogP contribution in [0.3, 0.4) is 0 Å². The zero-order chi connectivity index (χ0) is 14.8. The highest BCUT2D eigenvalue weighted by atomic mass is 19.4. The van der Waals surface area contributed by atoms with Crippen molar-refractivity contribution >= 4 is 5.78 Å². The molecule has 0 radical (unpaired) electrons. The predicted octanol–water partition coefficient (Wildman–Crippen LogP) is 3.31. The van der Waals surface area contributed by atoms with E-state index in [1.54, 1.807) is 13.0 Å². The maximum atomic E-state index is 12.8. The zero-order valence-electron chi connectivity index (χ0n) is 10.1. The van der Waals surface area contributed by atoms with Crippen LogP contribution in [-0.2, 0) is 11.2 Å². The van der Waals surface area contributed by atoms with Gasteiger partial charge in [0.2, 0.25) is 5.78 Å². The van der Waals surface area contributed by atoms with Crippen LogP contribution in [0.1, 0.15) is 11.1 Å². The summed E-state index contributed by atoms with van der Waals surface area (Å²) in [5.41, 5.74) is 0.621. The lowest BCUT2D eigenvalue weighted by molar-refractivity contribution is -0.268. The van der Waals surface area contributed by atoms with E-state index >= 15 is 0 Å². The fraction of sp³-hybridized carbons (Fsp3) is 0.417. The van der Waals surface area contributed by atoms with Crippen LogP contribution in [0.2, 0.25) is 0 Å². The molecule has 0 fully saturated rings. The number of hydrogen-bond donors (Lipinski definition) is 0. The second kappa shape index (κ2) is 5.14. The lowest BCUT2D eigenvalue weighted by atomic mass is 10.0. The highest BCUT2D eigenvalue weighted by Gasteiger charge is 2.62. The van der Waals surface area contributed by atoms with Crippen LogP contribution in [0.25, 0.3) is 0 Å². The molecule has 0 amide bonds. The van der Waals surface area contributed by atoms with Gasteiger partial charge in [-0.15, -0.1) is 0 Å². The molecular formula is C12H11F5O2. The number of halogens is 5. The van der Waals surface area contributed by atoms with Gasteiger partial charge in [0.05, 0.1) is 7.11 Å². The van der Waals surface area contributed by atoms with Crippen LogP contribution in [0.5, 0.6) is 5.75 Å². The van der Waals surface area contributed by atoms with Crippen molar-refractivity contribution in [3.05, 3.63) is 29.3 Å². The topological polar surface area (TPSA) is 26.3 Å². The van der Waals surface area contributed by atoms with Crippen molar-refractivity contribution in [2.75, 3.05) is 7.11 Å². The fourth-order valence-electron chi connectivity index (χ4n) is 1.49. The van der Waals surface area contributed by atoms with Gasteiger partial charge in [-0.3, -0.25) is 4.79 Å². The van der Waals surface area contributed by atoms with Crippen LogP contribution < -0.4 is 4.74 Å². The molecule has 0 N–H and O–H groups in total. The summed E-state index contributed by atoms with van der Waals surface area (Å²) in [5.74, 6) is -7.47. The van der Waals surface area contributed by atoms with E-state index in [-0.39, 0.29) is 11.3 Å². The van der Waals surface area contributed by atoms with Crippen LogP contribution in [0.4, 0.5) is 22.0 Å². The van der Waals surface area contributed by atoms with Crippen LogP contribution in [-0.4, -0.2) is 25.0 Å². The normalized spacial score (nSPS) is 12.4. The third kappa shape index (κ3) is 3.21.